The van der Waals surface area contributed by atoms with Gasteiger partial charge in [-0.1, -0.05) is 24.3 Å². The molecule has 0 amide bonds. The predicted molar refractivity (Wildman–Crippen MR) is 102 cm³/mol. The molecule has 6 nitrogen and oxygen atoms in total. The molecule has 2 unspecified atom stereocenters. The molecule has 3 rings (SSSR count). The Balaban J connectivity index is 1.46. The number of aliphatic hydroxyl groups excluding tert-OH is 1. The smallest absolute Gasteiger partial charge is 0.231 e. The fourth-order valence-corrected chi connectivity index (χ4v) is 3.14. The number of methoxy groups -OCH3 is 1. The molecule has 0 radical (unpaired) electrons. The lowest BCUT2D eigenvalue weighted by atomic mass is 10.1. The molecule has 27 heavy (non-hydrogen) atoms. The van der Waals surface area contributed by atoms with Gasteiger partial charge in [-0.3, -0.25) is 4.90 Å². The standard InChI is InChI=1S/C21H27NO5/c1-15(18-6-4-5-7-19(18)24-3)22(2)11-17(23)13-25-12-16-8-9-20-21(10-16)27-14-26-20/h4-10,15,17,23H,11-14H2,1-3H3. The Labute approximate surface area is 160 Å². The van der Waals surface area contributed by atoms with E-state index in [-0.39, 0.29) is 19.4 Å². The summed E-state index contributed by atoms with van der Waals surface area (Å²) in [7, 11) is 3.66. The third-order valence-corrected chi connectivity index (χ3v) is 4.76. The van der Waals surface area contributed by atoms with E-state index in [0.29, 0.717) is 13.2 Å². The van der Waals surface area contributed by atoms with Gasteiger partial charge in [0.25, 0.3) is 0 Å². The molecule has 1 aliphatic heterocycles. The van der Waals surface area contributed by atoms with Crippen molar-refractivity contribution in [2.24, 2.45) is 0 Å². The topological polar surface area (TPSA) is 60.4 Å². The van der Waals surface area contributed by atoms with Crippen LogP contribution in [0, 0.1) is 0 Å². The lowest BCUT2D eigenvalue weighted by molar-refractivity contribution is 0.00838. The number of nitrogens with zero attached hydrogens (tertiary/aromatic N) is 1. The summed E-state index contributed by atoms with van der Waals surface area (Å²) in [5, 5.41) is 10.3. The van der Waals surface area contributed by atoms with Crippen molar-refractivity contribution in [3.8, 4) is 17.2 Å². The Hall–Kier alpha value is -2.28. The molecule has 0 fully saturated rings. The van der Waals surface area contributed by atoms with Crippen LogP contribution in [0.25, 0.3) is 0 Å². The minimum absolute atomic E-state index is 0.115. The van der Waals surface area contributed by atoms with Crippen LogP contribution in [0.4, 0.5) is 0 Å². The number of aliphatic hydroxyl groups is 1. The fraction of sp³-hybridized carbons (Fsp3) is 0.429. The van der Waals surface area contributed by atoms with Gasteiger partial charge in [-0.15, -0.1) is 0 Å². The van der Waals surface area contributed by atoms with E-state index in [1.54, 1.807) is 7.11 Å². The van der Waals surface area contributed by atoms with Crippen molar-refractivity contribution in [3.63, 3.8) is 0 Å². The molecular weight excluding hydrogens is 346 g/mol. The maximum atomic E-state index is 10.3. The molecule has 0 aromatic heterocycles. The third-order valence-electron chi connectivity index (χ3n) is 4.76. The van der Waals surface area contributed by atoms with E-state index in [9.17, 15) is 5.11 Å². The number of benzene rings is 2. The molecule has 0 saturated carbocycles. The van der Waals surface area contributed by atoms with Crippen LogP contribution in [0.5, 0.6) is 17.2 Å². The van der Waals surface area contributed by atoms with Crippen LogP contribution in [0.1, 0.15) is 24.1 Å². The molecule has 1 aliphatic rings. The molecule has 146 valence electrons. The van der Waals surface area contributed by atoms with Crippen molar-refractivity contribution < 1.29 is 24.1 Å². The number of rotatable bonds is 9. The van der Waals surface area contributed by atoms with Crippen LogP contribution in [0.15, 0.2) is 42.5 Å². The van der Waals surface area contributed by atoms with Gasteiger partial charge >= 0.3 is 0 Å². The average Bonchev–Trinajstić information content (AvgIpc) is 3.15. The number of ether oxygens (including phenoxy) is 4. The molecule has 1 N–H and O–H groups in total. The van der Waals surface area contributed by atoms with Crippen molar-refractivity contribution in [2.75, 3.05) is 34.1 Å². The number of likely N-dealkylation sites (N-methyl/N-ethyl adjacent to an activating group) is 1. The van der Waals surface area contributed by atoms with Crippen molar-refractivity contribution in [1.29, 1.82) is 0 Å². The first-order valence-electron chi connectivity index (χ1n) is 9.06. The maximum absolute atomic E-state index is 10.3. The van der Waals surface area contributed by atoms with E-state index in [1.807, 2.05) is 49.5 Å². The highest BCUT2D eigenvalue weighted by Crippen LogP contribution is 2.32. The SMILES string of the molecule is COc1ccccc1C(C)N(C)CC(O)COCc1ccc2c(c1)OCO2. The Morgan fingerprint density at radius 2 is 1.93 bits per heavy atom. The van der Waals surface area contributed by atoms with Gasteiger partial charge in [0.2, 0.25) is 6.79 Å². The Bertz CT molecular complexity index is 751. The van der Waals surface area contributed by atoms with E-state index in [1.165, 1.54) is 0 Å². The lowest BCUT2D eigenvalue weighted by Crippen LogP contribution is -2.34. The van der Waals surface area contributed by atoms with Gasteiger partial charge in [0.15, 0.2) is 11.5 Å². The minimum Gasteiger partial charge on any atom is -0.496 e. The monoisotopic (exact) mass is 373 g/mol. The Morgan fingerprint density at radius 1 is 1.15 bits per heavy atom. The molecule has 0 spiro atoms. The highest BCUT2D eigenvalue weighted by atomic mass is 16.7. The third kappa shape index (κ3) is 4.91. The normalized spacial score (nSPS) is 15.0. The average molecular weight is 373 g/mol. The zero-order valence-electron chi connectivity index (χ0n) is 16.1. The highest BCUT2D eigenvalue weighted by Gasteiger charge is 2.19. The summed E-state index contributed by atoms with van der Waals surface area (Å²) in [4.78, 5) is 2.09. The molecule has 2 atom stereocenters. The first kappa shape index (κ1) is 19.5. The van der Waals surface area contributed by atoms with E-state index in [4.69, 9.17) is 18.9 Å². The zero-order valence-corrected chi connectivity index (χ0v) is 16.1. The zero-order chi connectivity index (χ0) is 19.2. The molecule has 0 aliphatic carbocycles. The van der Waals surface area contributed by atoms with Gasteiger partial charge in [0, 0.05) is 18.2 Å². The molecule has 2 aromatic carbocycles. The van der Waals surface area contributed by atoms with Crippen LogP contribution in [-0.2, 0) is 11.3 Å². The first-order valence-corrected chi connectivity index (χ1v) is 9.06. The minimum atomic E-state index is -0.582. The molecule has 6 heteroatoms. The fourth-order valence-electron chi connectivity index (χ4n) is 3.14. The molecular formula is C21H27NO5. The summed E-state index contributed by atoms with van der Waals surface area (Å²) in [5.74, 6) is 2.35. The van der Waals surface area contributed by atoms with Crippen LogP contribution in [0.2, 0.25) is 0 Å². The van der Waals surface area contributed by atoms with Gasteiger partial charge in [-0.2, -0.15) is 0 Å². The van der Waals surface area contributed by atoms with Crippen molar-refractivity contribution in [1.82, 2.24) is 4.90 Å². The van der Waals surface area contributed by atoms with Gasteiger partial charge in [0.1, 0.15) is 5.75 Å². The number of fused-ring (bicyclic) bond motifs is 1. The number of para-hydroxylation sites is 1. The van der Waals surface area contributed by atoms with Gasteiger partial charge in [-0.25, -0.2) is 0 Å². The first-order chi connectivity index (χ1) is 13.1. The summed E-state index contributed by atoms with van der Waals surface area (Å²) in [5.41, 5.74) is 2.08. The number of hydrogen-bond donors (Lipinski definition) is 1. The molecule has 1 heterocycles. The van der Waals surface area contributed by atoms with E-state index < -0.39 is 6.10 Å². The van der Waals surface area contributed by atoms with Crippen LogP contribution in [-0.4, -0.2) is 50.2 Å². The van der Waals surface area contributed by atoms with E-state index in [2.05, 4.69) is 11.8 Å². The Kier molecular flexibility index (Phi) is 6.55. The van der Waals surface area contributed by atoms with Crippen molar-refractivity contribution >= 4 is 0 Å². The van der Waals surface area contributed by atoms with Crippen LogP contribution < -0.4 is 14.2 Å². The molecule has 2 aromatic rings. The van der Waals surface area contributed by atoms with Crippen molar-refractivity contribution in [2.45, 2.75) is 25.7 Å². The van der Waals surface area contributed by atoms with Gasteiger partial charge < -0.3 is 24.1 Å². The summed E-state index contributed by atoms with van der Waals surface area (Å²) in [6.07, 6.45) is -0.582. The largest absolute Gasteiger partial charge is 0.496 e. The van der Waals surface area contributed by atoms with Crippen LogP contribution in [0.3, 0.4) is 0 Å². The second kappa shape index (κ2) is 9.08. The van der Waals surface area contributed by atoms with E-state index in [0.717, 1.165) is 28.4 Å². The van der Waals surface area contributed by atoms with Gasteiger partial charge in [0.05, 0.1) is 26.4 Å². The van der Waals surface area contributed by atoms with E-state index >= 15 is 0 Å². The summed E-state index contributed by atoms with van der Waals surface area (Å²) < 4.78 is 21.8. The second-order valence-electron chi connectivity index (χ2n) is 6.71. The predicted octanol–water partition coefficient (Wildman–Crippen LogP) is 2.99. The summed E-state index contributed by atoms with van der Waals surface area (Å²) in [6.45, 7) is 3.53. The Morgan fingerprint density at radius 3 is 2.74 bits per heavy atom. The molecule has 0 saturated heterocycles. The molecule has 0 bridgehead atoms. The quantitative estimate of drug-likeness (QED) is 0.729. The van der Waals surface area contributed by atoms with Gasteiger partial charge in [-0.05, 0) is 37.7 Å². The van der Waals surface area contributed by atoms with Crippen molar-refractivity contribution in [3.05, 3.63) is 53.6 Å². The lowest BCUT2D eigenvalue weighted by Gasteiger charge is -2.28. The van der Waals surface area contributed by atoms with Crippen LogP contribution >= 0.6 is 0 Å². The summed E-state index contributed by atoms with van der Waals surface area (Å²) >= 11 is 0. The number of hydrogen-bond acceptors (Lipinski definition) is 6. The maximum Gasteiger partial charge on any atom is 0.231 e. The second-order valence-corrected chi connectivity index (χ2v) is 6.71. The summed E-state index contributed by atoms with van der Waals surface area (Å²) in [6, 6.07) is 13.8. The highest BCUT2D eigenvalue weighted by molar-refractivity contribution is 5.44.